The molecule has 7 heteroatoms. The van der Waals surface area contributed by atoms with Gasteiger partial charge in [-0.2, -0.15) is 0 Å². The van der Waals surface area contributed by atoms with Crippen LogP contribution in [0.3, 0.4) is 0 Å². The maximum atomic E-state index is 11.4. The van der Waals surface area contributed by atoms with Crippen LogP contribution in [0.4, 0.5) is 4.79 Å². The predicted molar refractivity (Wildman–Crippen MR) is 61.9 cm³/mol. The number of nitrogens with one attached hydrogen (secondary N) is 1. The topological polar surface area (TPSA) is 95.9 Å². The summed E-state index contributed by atoms with van der Waals surface area (Å²) in [6.45, 7) is 4.72. The van der Waals surface area contributed by atoms with Crippen molar-refractivity contribution in [1.82, 2.24) is 10.2 Å². The van der Waals surface area contributed by atoms with Crippen LogP contribution in [0.5, 0.6) is 0 Å². The second kappa shape index (κ2) is 6.34. The number of carboxylic acid groups (broad SMARTS) is 1. The molecule has 0 aliphatic carbocycles. The fourth-order valence-corrected chi connectivity index (χ4v) is 1.78. The number of hydrogen-bond donors (Lipinski definition) is 2. The van der Waals surface area contributed by atoms with Crippen LogP contribution in [-0.2, 0) is 14.3 Å². The van der Waals surface area contributed by atoms with E-state index < -0.39 is 23.9 Å². The van der Waals surface area contributed by atoms with Crippen LogP contribution >= 0.6 is 0 Å². The summed E-state index contributed by atoms with van der Waals surface area (Å²) in [6.07, 6.45) is -0.751. The van der Waals surface area contributed by atoms with Crippen LogP contribution < -0.4 is 5.32 Å². The third kappa shape index (κ3) is 3.99. The molecule has 0 spiro atoms. The van der Waals surface area contributed by atoms with Crippen LogP contribution in [0.2, 0.25) is 0 Å². The number of rotatable bonds is 5. The molecule has 0 radical (unpaired) electrons. The first-order valence-corrected chi connectivity index (χ1v) is 5.85. The Morgan fingerprint density at radius 3 is 2.56 bits per heavy atom. The molecule has 102 valence electrons. The standard InChI is InChI=1S/C11H18N2O5/c1-3-18-11(17)12-9(14)6-13-4-8(5-13)7(2)10(15)16/h7-8H,3-6H2,1-2H3,(H,15,16)(H,12,14,17). The van der Waals surface area contributed by atoms with E-state index in [4.69, 9.17) is 5.11 Å². The smallest absolute Gasteiger partial charge is 0.413 e. The summed E-state index contributed by atoms with van der Waals surface area (Å²) in [5, 5.41) is 10.9. The molecular formula is C11H18N2O5. The predicted octanol–water partition coefficient (Wildman–Crippen LogP) is -0.0884. The molecular weight excluding hydrogens is 240 g/mol. The lowest BCUT2D eigenvalue weighted by Crippen LogP contribution is -2.54. The van der Waals surface area contributed by atoms with Gasteiger partial charge >= 0.3 is 12.1 Å². The Bertz CT molecular complexity index is 338. The molecule has 1 atom stereocenters. The third-order valence-electron chi connectivity index (χ3n) is 2.97. The van der Waals surface area contributed by atoms with Crippen LogP contribution in [0, 0.1) is 11.8 Å². The van der Waals surface area contributed by atoms with Crippen LogP contribution in [0.15, 0.2) is 0 Å². The lowest BCUT2D eigenvalue weighted by Gasteiger charge is -2.40. The van der Waals surface area contributed by atoms with Gasteiger partial charge in [-0.1, -0.05) is 6.92 Å². The van der Waals surface area contributed by atoms with Gasteiger partial charge in [0.1, 0.15) is 0 Å². The first-order chi connectivity index (χ1) is 8.43. The number of alkyl carbamates (subject to hydrolysis) is 1. The molecule has 2 N–H and O–H groups in total. The summed E-state index contributed by atoms with van der Waals surface area (Å²) in [7, 11) is 0. The molecule has 1 heterocycles. The third-order valence-corrected chi connectivity index (χ3v) is 2.97. The van der Waals surface area contributed by atoms with Crippen molar-refractivity contribution < 1.29 is 24.2 Å². The average molecular weight is 258 g/mol. The van der Waals surface area contributed by atoms with Gasteiger partial charge in [0, 0.05) is 13.1 Å². The van der Waals surface area contributed by atoms with Gasteiger partial charge in [-0.25, -0.2) is 4.79 Å². The Hall–Kier alpha value is -1.63. The molecule has 1 aliphatic rings. The van der Waals surface area contributed by atoms with Gasteiger partial charge in [0.2, 0.25) is 5.91 Å². The summed E-state index contributed by atoms with van der Waals surface area (Å²) in [5.41, 5.74) is 0. The maximum absolute atomic E-state index is 11.4. The minimum absolute atomic E-state index is 0.0675. The minimum Gasteiger partial charge on any atom is -0.481 e. The lowest BCUT2D eigenvalue weighted by atomic mass is 9.87. The average Bonchev–Trinajstić information content (AvgIpc) is 2.21. The number of imide groups is 1. The zero-order chi connectivity index (χ0) is 13.7. The van der Waals surface area contributed by atoms with Crippen LogP contribution in [0.1, 0.15) is 13.8 Å². The molecule has 1 saturated heterocycles. The molecule has 2 amide bonds. The van der Waals surface area contributed by atoms with Crippen molar-refractivity contribution in [3.63, 3.8) is 0 Å². The Labute approximate surface area is 105 Å². The SMILES string of the molecule is CCOC(=O)NC(=O)CN1CC(C(C)C(=O)O)C1. The Balaban J connectivity index is 2.21. The highest BCUT2D eigenvalue weighted by Crippen LogP contribution is 2.23. The van der Waals surface area contributed by atoms with Gasteiger partial charge in [0.05, 0.1) is 19.1 Å². The number of amides is 2. The fraction of sp³-hybridized carbons (Fsp3) is 0.727. The van der Waals surface area contributed by atoms with E-state index in [1.165, 1.54) is 0 Å². The first kappa shape index (κ1) is 14.4. The van der Waals surface area contributed by atoms with Crippen LogP contribution in [0.25, 0.3) is 0 Å². The lowest BCUT2D eigenvalue weighted by molar-refractivity contribution is -0.145. The van der Waals surface area contributed by atoms with Gasteiger partial charge in [-0.05, 0) is 12.8 Å². The molecule has 1 unspecified atom stereocenters. The highest BCUT2D eigenvalue weighted by Gasteiger charge is 2.35. The van der Waals surface area contributed by atoms with Crippen molar-refractivity contribution in [3.8, 4) is 0 Å². The number of carbonyl (C=O) groups is 3. The second-order valence-corrected chi connectivity index (χ2v) is 4.35. The zero-order valence-electron chi connectivity index (χ0n) is 10.5. The molecule has 7 nitrogen and oxygen atoms in total. The van der Waals surface area contributed by atoms with E-state index in [2.05, 4.69) is 10.1 Å². The van der Waals surface area contributed by atoms with Crippen molar-refractivity contribution in [3.05, 3.63) is 0 Å². The highest BCUT2D eigenvalue weighted by molar-refractivity contribution is 5.92. The minimum atomic E-state index is -0.823. The summed E-state index contributed by atoms with van der Waals surface area (Å²) in [4.78, 5) is 34.8. The van der Waals surface area contributed by atoms with Gasteiger partial charge in [-0.15, -0.1) is 0 Å². The van der Waals surface area contributed by atoms with Gasteiger partial charge in [0.25, 0.3) is 0 Å². The van der Waals surface area contributed by atoms with E-state index in [0.717, 1.165) is 0 Å². The van der Waals surface area contributed by atoms with Crippen molar-refractivity contribution in [2.45, 2.75) is 13.8 Å². The van der Waals surface area contributed by atoms with Crippen LogP contribution in [-0.4, -0.2) is 54.2 Å². The highest BCUT2D eigenvalue weighted by atomic mass is 16.5. The number of carbonyl (C=O) groups excluding carboxylic acids is 2. The molecule has 0 aromatic carbocycles. The summed E-state index contributed by atoms with van der Waals surface area (Å²) >= 11 is 0. The van der Waals surface area contributed by atoms with E-state index in [1.54, 1.807) is 18.7 Å². The van der Waals surface area contributed by atoms with Crippen molar-refractivity contribution >= 4 is 18.0 Å². The van der Waals surface area contributed by atoms with E-state index in [-0.39, 0.29) is 19.1 Å². The van der Waals surface area contributed by atoms with E-state index in [0.29, 0.717) is 13.1 Å². The van der Waals surface area contributed by atoms with E-state index in [1.807, 2.05) is 0 Å². The van der Waals surface area contributed by atoms with Gasteiger partial charge in [-0.3, -0.25) is 19.8 Å². The normalized spacial score (nSPS) is 17.7. The number of carboxylic acids is 1. The summed E-state index contributed by atoms with van der Waals surface area (Å²) < 4.78 is 4.57. The molecule has 0 aromatic heterocycles. The molecule has 1 aliphatic heterocycles. The maximum Gasteiger partial charge on any atom is 0.413 e. The molecule has 0 saturated carbocycles. The Morgan fingerprint density at radius 2 is 2.06 bits per heavy atom. The Kier molecular flexibility index (Phi) is 5.08. The zero-order valence-corrected chi connectivity index (χ0v) is 10.5. The monoisotopic (exact) mass is 258 g/mol. The first-order valence-electron chi connectivity index (χ1n) is 5.85. The number of nitrogens with zero attached hydrogens (tertiary/aromatic N) is 1. The van der Waals surface area contributed by atoms with E-state index >= 15 is 0 Å². The number of aliphatic carboxylic acids is 1. The van der Waals surface area contributed by atoms with Gasteiger partial charge in [0.15, 0.2) is 0 Å². The molecule has 1 fully saturated rings. The van der Waals surface area contributed by atoms with Gasteiger partial charge < -0.3 is 9.84 Å². The van der Waals surface area contributed by atoms with Crippen molar-refractivity contribution in [1.29, 1.82) is 0 Å². The Morgan fingerprint density at radius 1 is 1.44 bits per heavy atom. The molecule has 18 heavy (non-hydrogen) atoms. The van der Waals surface area contributed by atoms with Crippen molar-refractivity contribution in [2.24, 2.45) is 11.8 Å². The summed E-state index contributed by atoms with van der Waals surface area (Å²) in [5.74, 6) is -1.60. The molecule has 0 aromatic rings. The van der Waals surface area contributed by atoms with E-state index in [9.17, 15) is 14.4 Å². The largest absolute Gasteiger partial charge is 0.481 e. The number of hydrogen-bond acceptors (Lipinski definition) is 5. The molecule has 0 bridgehead atoms. The summed E-state index contributed by atoms with van der Waals surface area (Å²) in [6, 6.07) is 0. The number of likely N-dealkylation sites (tertiary alicyclic amines) is 1. The number of ether oxygens (including phenoxy) is 1. The quantitative estimate of drug-likeness (QED) is 0.715. The second-order valence-electron chi connectivity index (χ2n) is 4.35. The fourth-order valence-electron chi connectivity index (χ4n) is 1.78. The molecule has 1 rings (SSSR count). The van der Waals surface area contributed by atoms with Crippen molar-refractivity contribution in [2.75, 3.05) is 26.2 Å².